The molecule has 1 saturated heterocycles. The molecule has 0 spiro atoms. The number of carbonyl (C=O) groups is 2. The molecule has 2 atom stereocenters. The Bertz CT molecular complexity index is 1000. The average Bonchev–Trinajstić information content (AvgIpc) is 3.38. The Balaban J connectivity index is 1.67. The molecular weight excluding hydrogens is 380 g/mol. The maximum Gasteiger partial charge on any atom is 0.326 e. The summed E-state index contributed by atoms with van der Waals surface area (Å²) >= 11 is 6.32. The van der Waals surface area contributed by atoms with Crippen molar-refractivity contribution in [3.8, 4) is 5.69 Å². The fourth-order valence-corrected chi connectivity index (χ4v) is 3.90. The lowest BCUT2D eigenvalue weighted by molar-refractivity contribution is -0.141. The standard InChI is InChI=1S/C20H17ClN4O3/c21-16-4-2-1-3-15(16)17-9-10-18(20(27)28)25(17)19(26)13-5-7-14(8-6-13)24-12-11-22-23-24/h1-8,11-12,17-18H,9-10H2,(H,27,28)/t17-,18+/m1/s1. The molecule has 1 fully saturated rings. The van der Waals surface area contributed by atoms with Crippen LogP contribution in [0.1, 0.15) is 34.8 Å². The number of amides is 1. The van der Waals surface area contributed by atoms with Crippen LogP contribution >= 0.6 is 11.6 Å². The van der Waals surface area contributed by atoms with E-state index in [9.17, 15) is 14.7 Å². The van der Waals surface area contributed by atoms with Gasteiger partial charge in [-0.25, -0.2) is 9.48 Å². The normalized spacial score (nSPS) is 19.0. The van der Waals surface area contributed by atoms with E-state index in [4.69, 9.17) is 11.6 Å². The zero-order valence-corrected chi connectivity index (χ0v) is 15.5. The molecule has 1 aliphatic heterocycles. The van der Waals surface area contributed by atoms with Crippen molar-refractivity contribution in [1.82, 2.24) is 19.9 Å². The van der Waals surface area contributed by atoms with Gasteiger partial charge < -0.3 is 10.0 Å². The molecule has 0 aliphatic carbocycles. The molecule has 0 saturated carbocycles. The second-order valence-electron chi connectivity index (χ2n) is 6.58. The summed E-state index contributed by atoms with van der Waals surface area (Å²) in [5.41, 5.74) is 1.93. The van der Waals surface area contributed by atoms with Crippen LogP contribution in [0.25, 0.3) is 5.69 Å². The van der Waals surface area contributed by atoms with E-state index < -0.39 is 12.0 Å². The maximum absolute atomic E-state index is 13.2. The van der Waals surface area contributed by atoms with E-state index in [1.807, 2.05) is 18.2 Å². The smallest absolute Gasteiger partial charge is 0.326 e. The Hall–Kier alpha value is -3.19. The third-order valence-corrected chi connectivity index (χ3v) is 5.31. The van der Waals surface area contributed by atoms with Crippen molar-refractivity contribution >= 4 is 23.5 Å². The van der Waals surface area contributed by atoms with Crippen LogP contribution in [-0.4, -0.2) is 42.9 Å². The van der Waals surface area contributed by atoms with Crippen LogP contribution in [0.2, 0.25) is 5.02 Å². The number of carbonyl (C=O) groups excluding carboxylic acids is 1. The fourth-order valence-electron chi connectivity index (χ4n) is 3.64. The van der Waals surface area contributed by atoms with Crippen molar-refractivity contribution in [3.05, 3.63) is 77.1 Å². The number of carboxylic acids is 1. The average molecular weight is 397 g/mol. The van der Waals surface area contributed by atoms with E-state index in [1.165, 1.54) is 4.90 Å². The van der Waals surface area contributed by atoms with Gasteiger partial charge in [-0.05, 0) is 48.7 Å². The lowest BCUT2D eigenvalue weighted by Gasteiger charge is -2.29. The second kappa shape index (κ2) is 7.44. The van der Waals surface area contributed by atoms with Crippen LogP contribution < -0.4 is 0 Å². The number of carboxylic acid groups (broad SMARTS) is 1. The van der Waals surface area contributed by atoms with Gasteiger partial charge in [0.05, 0.1) is 24.1 Å². The molecule has 28 heavy (non-hydrogen) atoms. The molecule has 8 heteroatoms. The fraction of sp³-hybridized carbons (Fsp3) is 0.200. The van der Waals surface area contributed by atoms with Crippen LogP contribution in [0.15, 0.2) is 60.9 Å². The van der Waals surface area contributed by atoms with Crippen LogP contribution in [0.5, 0.6) is 0 Å². The van der Waals surface area contributed by atoms with Crippen molar-refractivity contribution in [2.24, 2.45) is 0 Å². The lowest BCUT2D eigenvalue weighted by Crippen LogP contribution is -2.41. The van der Waals surface area contributed by atoms with Crippen molar-refractivity contribution in [1.29, 1.82) is 0 Å². The van der Waals surface area contributed by atoms with Crippen molar-refractivity contribution in [2.75, 3.05) is 0 Å². The zero-order chi connectivity index (χ0) is 19.7. The molecule has 4 rings (SSSR count). The van der Waals surface area contributed by atoms with Crippen LogP contribution in [0, 0.1) is 0 Å². The molecule has 2 heterocycles. The summed E-state index contributed by atoms with van der Waals surface area (Å²) in [6.45, 7) is 0. The molecule has 142 valence electrons. The topological polar surface area (TPSA) is 88.3 Å². The number of aromatic nitrogens is 3. The van der Waals surface area contributed by atoms with Gasteiger partial charge in [-0.3, -0.25) is 4.79 Å². The largest absolute Gasteiger partial charge is 0.480 e. The molecule has 3 aromatic rings. The maximum atomic E-state index is 13.2. The lowest BCUT2D eigenvalue weighted by atomic mass is 10.0. The Kier molecular flexibility index (Phi) is 4.83. The van der Waals surface area contributed by atoms with Crippen LogP contribution in [0.4, 0.5) is 0 Å². The summed E-state index contributed by atoms with van der Waals surface area (Å²) in [4.78, 5) is 26.5. The summed E-state index contributed by atoms with van der Waals surface area (Å²) in [6.07, 6.45) is 4.19. The number of nitrogens with zero attached hydrogens (tertiary/aromatic N) is 4. The minimum absolute atomic E-state index is 0.333. The number of likely N-dealkylation sites (tertiary alicyclic amines) is 1. The summed E-state index contributed by atoms with van der Waals surface area (Å²) in [5, 5.41) is 17.8. The van der Waals surface area contributed by atoms with Crippen molar-refractivity contribution in [2.45, 2.75) is 24.9 Å². The SMILES string of the molecule is O=C(O)[C@@H]1CC[C@H](c2ccccc2Cl)N1C(=O)c1ccc(-n2ccnn2)cc1. The second-order valence-corrected chi connectivity index (χ2v) is 6.98. The van der Waals surface area contributed by atoms with Crippen molar-refractivity contribution < 1.29 is 14.7 Å². The monoisotopic (exact) mass is 396 g/mol. The van der Waals surface area contributed by atoms with E-state index in [0.29, 0.717) is 23.4 Å². The summed E-state index contributed by atoms with van der Waals surface area (Å²) < 4.78 is 1.58. The first-order valence-corrected chi connectivity index (χ1v) is 9.20. The predicted octanol–water partition coefficient (Wildman–Crippen LogP) is 3.35. The zero-order valence-electron chi connectivity index (χ0n) is 14.8. The summed E-state index contributed by atoms with van der Waals surface area (Å²) in [7, 11) is 0. The van der Waals surface area contributed by atoms with Crippen LogP contribution in [-0.2, 0) is 4.79 Å². The predicted molar refractivity (Wildman–Crippen MR) is 102 cm³/mol. The van der Waals surface area contributed by atoms with E-state index in [-0.39, 0.29) is 11.9 Å². The number of aliphatic carboxylic acids is 1. The molecule has 1 amide bonds. The molecule has 0 unspecified atom stereocenters. The summed E-state index contributed by atoms with van der Waals surface area (Å²) in [5.74, 6) is -1.35. The quantitative estimate of drug-likeness (QED) is 0.730. The highest BCUT2D eigenvalue weighted by Gasteiger charge is 2.42. The third-order valence-electron chi connectivity index (χ3n) is 4.97. The first-order chi connectivity index (χ1) is 13.6. The van der Waals surface area contributed by atoms with Gasteiger partial charge in [0, 0.05) is 10.6 Å². The summed E-state index contributed by atoms with van der Waals surface area (Å²) in [6, 6.07) is 12.8. The third kappa shape index (κ3) is 3.25. The van der Waals surface area contributed by atoms with E-state index >= 15 is 0 Å². The number of halogens is 1. The van der Waals surface area contributed by atoms with E-state index in [1.54, 1.807) is 47.4 Å². The molecule has 2 aromatic carbocycles. The van der Waals surface area contributed by atoms with Gasteiger partial charge in [-0.1, -0.05) is 35.0 Å². The van der Waals surface area contributed by atoms with Crippen molar-refractivity contribution in [3.63, 3.8) is 0 Å². The molecule has 1 N–H and O–H groups in total. The number of rotatable bonds is 4. The van der Waals surface area contributed by atoms with Gasteiger partial charge in [0.2, 0.25) is 0 Å². The highest BCUT2D eigenvalue weighted by atomic mass is 35.5. The first kappa shape index (κ1) is 18.2. The van der Waals surface area contributed by atoms with Gasteiger partial charge in [0.1, 0.15) is 6.04 Å². The Morgan fingerprint density at radius 3 is 2.46 bits per heavy atom. The van der Waals surface area contributed by atoms with Gasteiger partial charge in [-0.15, -0.1) is 5.10 Å². The van der Waals surface area contributed by atoms with E-state index in [0.717, 1.165) is 11.3 Å². The Morgan fingerprint density at radius 2 is 1.82 bits per heavy atom. The number of hydrogen-bond acceptors (Lipinski definition) is 4. The van der Waals surface area contributed by atoms with Gasteiger partial charge >= 0.3 is 5.97 Å². The number of hydrogen-bond donors (Lipinski definition) is 1. The molecular formula is C20H17ClN4O3. The van der Waals surface area contributed by atoms with Crippen LogP contribution in [0.3, 0.4) is 0 Å². The molecule has 0 radical (unpaired) electrons. The van der Waals surface area contributed by atoms with E-state index in [2.05, 4.69) is 10.3 Å². The minimum Gasteiger partial charge on any atom is -0.480 e. The van der Waals surface area contributed by atoms with Gasteiger partial charge in [0.15, 0.2) is 0 Å². The highest BCUT2D eigenvalue weighted by Crippen LogP contribution is 2.40. The Morgan fingerprint density at radius 1 is 1.07 bits per heavy atom. The minimum atomic E-state index is -1.01. The van der Waals surface area contributed by atoms with Gasteiger partial charge in [-0.2, -0.15) is 0 Å². The van der Waals surface area contributed by atoms with Gasteiger partial charge in [0.25, 0.3) is 5.91 Å². The molecule has 0 bridgehead atoms. The molecule has 1 aromatic heterocycles. The first-order valence-electron chi connectivity index (χ1n) is 8.83. The number of benzene rings is 2. The molecule has 7 nitrogen and oxygen atoms in total. The Labute approximate surface area is 166 Å². The molecule has 1 aliphatic rings. The highest BCUT2D eigenvalue weighted by molar-refractivity contribution is 6.31.